The molecule has 0 bridgehead atoms. The molecule has 3 heterocycles. The molecule has 2 aromatic rings. The van der Waals surface area contributed by atoms with Crippen LogP contribution in [0.2, 0.25) is 0 Å². The van der Waals surface area contributed by atoms with Gasteiger partial charge in [0.2, 0.25) is 11.8 Å². The fraction of sp³-hybridized carbons (Fsp3) is 0.438. The van der Waals surface area contributed by atoms with Gasteiger partial charge in [-0.2, -0.15) is 5.10 Å². The molecule has 1 aromatic heterocycles. The molecule has 25 heavy (non-hydrogen) atoms. The molecule has 2 aliphatic rings. The fourth-order valence-corrected chi connectivity index (χ4v) is 5.14. The number of sulfone groups is 1. The predicted octanol–water partition coefficient (Wildman–Crippen LogP) is 0.219. The second-order valence-electron chi connectivity index (χ2n) is 6.61. The molecule has 0 aliphatic carbocycles. The molecular weight excluding hydrogens is 344 g/mol. The summed E-state index contributed by atoms with van der Waals surface area (Å²) in [4.78, 5) is 26.3. The maximum Gasteiger partial charge on any atom is 0.229 e. The third-order valence-electron chi connectivity index (χ3n) is 4.78. The van der Waals surface area contributed by atoms with E-state index in [4.69, 9.17) is 0 Å². The minimum Gasteiger partial charge on any atom is -0.352 e. The van der Waals surface area contributed by atoms with Crippen LogP contribution in [0.25, 0.3) is 10.9 Å². The van der Waals surface area contributed by atoms with Gasteiger partial charge in [0.1, 0.15) is 0 Å². The number of aromatic nitrogens is 2. The van der Waals surface area contributed by atoms with Crippen LogP contribution in [0, 0.1) is 5.92 Å². The number of benzene rings is 1. The molecule has 8 nitrogen and oxygen atoms in total. The van der Waals surface area contributed by atoms with E-state index >= 15 is 0 Å². The lowest BCUT2D eigenvalue weighted by Gasteiger charge is -2.16. The third kappa shape index (κ3) is 2.99. The van der Waals surface area contributed by atoms with Gasteiger partial charge in [0.25, 0.3) is 0 Å². The first-order valence-corrected chi connectivity index (χ1v) is 9.99. The minimum absolute atomic E-state index is 0.0207. The van der Waals surface area contributed by atoms with Crippen LogP contribution < -0.4 is 10.2 Å². The number of rotatable bonds is 3. The van der Waals surface area contributed by atoms with Gasteiger partial charge in [-0.3, -0.25) is 19.6 Å². The summed E-state index contributed by atoms with van der Waals surface area (Å²) in [6.07, 6.45) is 0.537. The van der Waals surface area contributed by atoms with Crippen molar-refractivity contribution in [3.8, 4) is 0 Å². The summed E-state index contributed by atoms with van der Waals surface area (Å²) in [7, 11) is -3.05. The highest BCUT2D eigenvalue weighted by atomic mass is 32.2. The Morgan fingerprint density at radius 3 is 2.88 bits per heavy atom. The maximum absolute atomic E-state index is 12.4. The molecule has 9 heteroatoms. The lowest BCUT2D eigenvalue weighted by atomic mass is 10.1. The van der Waals surface area contributed by atoms with Crippen molar-refractivity contribution in [1.29, 1.82) is 0 Å². The van der Waals surface area contributed by atoms with Crippen molar-refractivity contribution >= 4 is 38.4 Å². The zero-order valence-corrected chi connectivity index (χ0v) is 14.3. The summed E-state index contributed by atoms with van der Waals surface area (Å²) in [5.41, 5.74) is 0.828. The van der Waals surface area contributed by atoms with Crippen LogP contribution >= 0.6 is 0 Å². The van der Waals surface area contributed by atoms with E-state index in [9.17, 15) is 18.0 Å². The van der Waals surface area contributed by atoms with Crippen LogP contribution in [0.15, 0.2) is 24.3 Å². The smallest absolute Gasteiger partial charge is 0.229 e. The van der Waals surface area contributed by atoms with Crippen molar-refractivity contribution in [2.24, 2.45) is 5.92 Å². The number of aromatic amines is 1. The van der Waals surface area contributed by atoms with Crippen molar-refractivity contribution in [2.45, 2.75) is 18.9 Å². The van der Waals surface area contributed by atoms with Crippen LogP contribution in [-0.4, -0.2) is 54.5 Å². The number of nitrogens with zero attached hydrogens (tertiary/aromatic N) is 2. The molecule has 4 rings (SSSR count). The molecular formula is C16H18N4O4S. The van der Waals surface area contributed by atoms with E-state index in [0.717, 1.165) is 10.9 Å². The molecule has 2 saturated heterocycles. The van der Waals surface area contributed by atoms with Crippen LogP contribution in [0.5, 0.6) is 0 Å². The highest BCUT2D eigenvalue weighted by Crippen LogP contribution is 2.29. The Labute approximate surface area is 144 Å². The molecule has 2 amide bonds. The molecule has 2 aliphatic heterocycles. The zero-order chi connectivity index (χ0) is 17.6. The highest BCUT2D eigenvalue weighted by molar-refractivity contribution is 7.91. The average Bonchev–Trinajstić information content (AvgIpc) is 3.24. The van der Waals surface area contributed by atoms with Gasteiger partial charge in [-0.1, -0.05) is 12.1 Å². The molecule has 2 atom stereocenters. The second kappa shape index (κ2) is 5.83. The van der Waals surface area contributed by atoms with E-state index in [0.29, 0.717) is 12.2 Å². The quantitative estimate of drug-likeness (QED) is 0.811. The van der Waals surface area contributed by atoms with Gasteiger partial charge in [0, 0.05) is 24.4 Å². The molecule has 1 aromatic carbocycles. The fourth-order valence-electron chi connectivity index (χ4n) is 3.47. The molecule has 0 saturated carbocycles. The monoisotopic (exact) mass is 362 g/mol. The Morgan fingerprint density at radius 1 is 1.32 bits per heavy atom. The Balaban J connectivity index is 1.48. The van der Waals surface area contributed by atoms with Crippen LogP contribution in [-0.2, 0) is 19.4 Å². The van der Waals surface area contributed by atoms with E-state index in [1.807, 2.05) is 24.3 Å². The standard InChI is InChI=1S/C16H18N4O4S/c21-14-7-10(16(22)17-11-5-6-25(23,24)9-11)8-20(14)15-12-3-1-2-4-13(12)18-19-15/h1-4,10-11H,5-9H2,(H,17,22)(H,18,19)/t10-,11-/m0/s1. The number of hydrogen-bond acceptors (Lipinski definition) is 5. The van der Waals surface area contributed by atoms with Gasteiger partial charge in [0.15, 0.2) is 15.7 Å². The Morgan fingerprint density at radius 2 is 2.12 bits per heavy atom. The van der Waals surface area contributed by atoms with E-state index < -0.39 is 15.8 Å². The van der Waals surface area contributed by atoms with E-state index in [1.54, 1.807) is 0 Å². The van der Waals surface area contributed by atoms with E-state index in [1.165, 1.54) is 4.90 Å². The Bertz CT molecular complexity index is 952. The predicted molar refractivity (Wildman–Crippen MR) is 91.8 cm³/mol. The second-order valence-corrected chi connectivity index (χ2v) is 8.84. The van der Waals surface area contributed by atoms with Gasteiger partial charge in [0.05, 0.1) is 22.9 Å². The summed E-state index contributed by atoms with van der Waals surface area (Å²) < 4.78 is 23.0. The van der Waals surface area contributed by atoms with Gasteiger partial charge in [-0.05, 0) is 18.6 Å². The van der Waals surface area contributed by atoms with Crippen molar-refractivity contribution in [1.82, 2.24) is 15.5 Å². The van der Waals surface area contributed by atoms with Gasteiger partial charge in [-0.15, -0.1) is 0 Å². The highest BCUT2D eigenvalue weighted by Gasteiger charge is 2.38. The molecule has 0 unspecified atom stereocenters. The number of hydrogen-bond donors (Lipinski definition) is 2. The SMILES string of the molecule is O=C(N[C@H]1CCS(=O)(=O)C1)[C@H]1CC(=O)N(c2n[nH]c3ccccc23)C1. The summed E-state index contributed by atoms with van der Waals surface area (Å²) in [5.74, 6) is -0.306. The summed E-state index contributed by atoms with van der Waals surface area (Å²) in [5, 5.41) is 10.7. The lowest BCUT2D eigenvalue weighted by Crippen LogP contribution is -2.40. The first kappa shape index (κ1) is 16.1. The van der Waals surface area contributed by atoms with Crippen LogP contribution in [0.1, 0.15) is 12.8 Å². The number of nitrogens with one attached hydrogen (secondary N) is 2. The molecule has 0 spiro atoms. The number of carbonyl (C=O) groups is 2. The third-order valence-corrected chi connectivity index (χ3v) is 6.55. The number of H-pyrrole nitrogens is 1. The number of carbonyl (C=O) groups excluding carboxylic acids is 2. The zero-order valence-electron chi connectivity index (χ0n) is 13.4. The normalized spacial score (nSPS) is 25.6. The lowest BCUT2D eigenvalue weighted by molar-refractivity contribution is -0.126. The Hall–Kier alpha value is -2.42. The van der Waals surface area contributed by atoms with Gasteiger partial charge < -0.3 is 5.32 Å². The van der Waals surface area contributed by atoms with Gasteiger partial charge in [-0.25, -0.2) is 8.42 Å². The first-order valence-electron chi connectivity index (χ1n) is 8.17. The van der Waals surface area contributed by atoms with Gasteiger partial charge >= 0.3 is 0 Å². The van der Waals surface area contributed by atoms with Crippen molar-refractivity contribution in [3.05, 3.63) is 24.3 Å². The summed E-state index contributed by atoms with van der Waals surface area (Å²) in [6.45, 7) is 0.249. The Kier molecular flexibility index (Phi) is 3.75. The van der Waals surface area contributed by atoms with E-state index in [2.05, 4.69) is 15.5 Å². The van der Waals surface area contributed by atoms with E-state index in [-0.39, 0.29) is 42.3 Å². The molecule has 2 N–H and O–H groups in total. The maximum atomic E-state index is 12.4. The van der Waals surface area contributed by atoms with Crippen LogP contribution in [0.3, 0.4) is 0 Å². The summed E-state index contributed by atoms with van der Waals surface area (Å²) >= 11 is 0. The topological polar surface area (TPSA) is 112 Å². The first-order chi connectivity index (χ1) is 11.9. The molecule has 132 valence electrons. The molecule has 2 fully saturated rings. The molecule has 0 radical (unpaired) electrons. The average molecular weight is 362 g/mol. The van der Waals surface area contributed by atoms with Crippen molar-refractivity contribution < 1.29 is 18.0 Å². The van der Waals surface area contributed by atoms with Crippen molar-refractivity contribution in [2.75, 3.05) is 23.0 Å². The minimum atomic E-state index is -3.05. The summed E-state index contributed by atoms with van der Waals surface area (Å²) in [6, 6.07) is 7.14. The number of fused-ring (bicyclic) bond motifs is 1. The number of anilines is 1. The largest absolute Gasteiger partial charge is 0.352 e. The number of amides is 2. The van der Waals surface area contributed by atoms with Crippen LogP contribution in [0.4, 0.5) is 5.82 Å². The van der Waals surface area contributed by atoms with Crippen molar-refractivity contribution in [3.63, 3.8) is 0 Å². The number of para-hydroxylation sites is 1.